The highest BCUT2D eigenvalue weighted by molar-refractivity contribution is 6.30. The van der Waals surface area contributed by atoms with Crippen LogP contribution in [0.2, 0.25) is 5.02 Å². The number of hydrazone groups is 1. The van der Waals surface area contributed by atoms with E-state index in [4.69, 9.17) is 35.6 Å². The Bertz CT molecular complexity index is 1210. The largest absolute Gasteiger partial charge is 0.496 e. The van der Waals surface area contributed by atoms with Gasteiger partial charge in [-0.3, -0.25) is 0 Å². The fraction of sp³-hybridized carbons (Fsp3) is 0.208. The highest BCUT2D eigenvalue weighted by atomic mass is 35.5. The average Bonchev–Trinajstić information content (AvgIpc) is 3.45. The SMILES string of the molecule is COc1ccccc1[C@@H]1Oc2ccc(Cl)cc2[C@H]2CC(c3ccc4c(c3)OCO4)=NN21. The van der Waals surface area contributed by atoms with Gasteiger partial charge in [0.25, 0.3) is 0 Å². The third-order valence-corrected chi connectivity index (χ3v) is 6.10. The van der Waals surface area contributed by atoms with E-state index in [-0.39, 0.29) is 12.8 Å². The summed E-state index contributed by atoms with van der Waals surface area (Å²) in [5.41, 5.74) is 3.91. The zero-order chi connectivity index (χ0) is 20.9. The second-order valence-electron chi connectivity index (χ2n) is 7.61. The van der Waals surface area contributed by atoms with E-state index < -0.39 is 6.23 Å². The van der Waals surface area contributed by atoms with Crippen LogP contribution in [0.3, 0.4) is 0 Å². The number of fused-ring (bicyclic) bond motifs is 4. The monoisotopic (exact) mass is 434 g/mol. The normalized spacial score (nSPS) is 20.6. The van der Waals surface area contributed by atoms with Gasteiger partial charge in [0.1, 0.15) is 11.5 Å². The van der Waals surface area contributed by atoms with Gasteiger partial charge in [0.05, 0.1) is 24.4 Å². The van der Waals surface area contributed by atoms with Crippen molar-refractivity contribution >= 4 is 17.3 Å². The molecule has 0 N–H and O–H groups in total. The molecule has 6 nitrogen and oxygen atoms in total. The first-order chi connectivity index (χ1) is 15.2. The predicted molar refractivity (Wildman–Crippen MR) is 116 cm³/mol. The molecule has 0 unspecified atom stereocenters. The molecule has 0 spiro atoms. The smallest absolute Gasteiger partial charge is 0.231 e. The third kappa shape index (κ3) is 2.98. The molecule has 0 amide bonds. The maximum atomic E-state index is 6.42. The highest BCUT2D eigenvalue weighted by Gasteiger charge is 2.42. The Morgan fingerprint density at radius 1 is 0.968 bits per heavy atom. The van der Waals surface area contributed by atoms with E-state index in [0.29, 0.717) is 5.02 Å². The molecule has 0 aromatic heterocycles. The Hall–Kier alpha value is -3.38. The van der Waals surface area contributed by atoms with Gasteiger partial charge < -0.3 is 18.9 Å². The topological polar surface area (TPSA) is 52.5 Å². The van der Waals surface area contributed by atoms with Gasteiger partial charge in [-0.05, 0) is 48.5 Å². The van der Waals surface area contributed by atoms with E-state index >= 15 is 0 Å². The quantitative estimate of drug-likeness (QED) is 0.558. The molecule has 0 saturated carbocycles. The van der Waals surface area contributed by atoms with Crippen molar-refractivity contribution < 1.29 is 18.9 Å². The molecule has 156 valence electrons. The maximum Gasteiger partial charge on any atom is 0.231 e. The number of para-hydroxylation sites is 1. The molecule has 3 aliphatic rings. The van der Waals surface area contributed by atoms with Crippen molar-refractivity contribution in [2.24, 2.45) is 5.10 Å². The van der Waals surface area contributed by atoms with Crippen molar-refractivity contribution in [3.8, 4) is 23.0 Å². The van der Waals surface area contributed by atoms with Gasteiger partial charge in [0.15, 0.2) is 11.5 Å². The molecule has 2 atom stereocenters. The first kappa shape index (κ1) is 18.4. The Kier molecular flexibility index (Phi) is 4.21. The zero-order valence-electron chi connectivity index (χ0n) is 16.7. The van der Waals surface area contributed by atoms with Crippen LogP contribution in [-0.4, -0.2) is 24.6 Å². The van der Waals surface area contributed by atoms with E-state index in [9.17, 15) is 0 Å². The van der Waals surface area contributed by atoms with E-state index in [2.05, 4.69) is 0 Å². The van der Waals surface area contributed by atoms with Crippen molar-refractivity contribution in [1.82, 2.24) is 5.01 Å². The number of halogens is 1. The number of methoxy groups -OCH3 is 1. The molecular formula is C24H19ClN2O4. The standard InChI is InChI=1S/C24H19ClN2O4/c1-28-20-5-3-2-4-16(20)24-27-19(17-11-15(25)7-9-21(17)31-24)12-18(26-27)14-6-8-22-23(10-14)30-13-29-22/h2-11,19,24H,12-13H2,1H3/t19-,24+/m1/s1. The van der Waals surface area contributed by atoms with Crippen LogP contribution in [0.25, 0.3) is 0 Å². The fourth-order valence-corrected chi connectivity index (χ4v) is 4.56. The van der Waals surface area contributed by atoms with Gasteiger partial charge in [-0.2, -0.15) is 5.10 Å². The lowest BCUT2D eigenvalue weighted by atomic mass is 9.95. The summed E-state index contributed by atoms with van der Waals surface area (Å²) in [7, 11) is 1.66. The van der Waals surface area contributed by atoms with Crippen molar-refractivity contribution in [3.63, 3.8) is 0 Å². The predicted octanol–water partition coefficient (Wildman–Crippen LogP) is 5.32. The van der Waals surface area contributed by atoms with Crippen LogP contribution < -0.4 is 18.9 Å². The number of ether oxygens (including phenoxy) is 4. The summed E-state index contributed by atoms with van der Waals surface area (Å²) in [4.78, 5) is 0. The number of hydrogen-bond donors (Lipinski definition) is 0. The summed E-state index contributed by atoms with van der Waals surface area (Å²) in [6.45, 7) is 0.246. The zero-order valence-corrected chi connectivity index (χ0v) is 17.5. The second-order valence-corrected chi connectivity index (χ2v) is 8.05. The first-order valence-corrected chi connectivity index (χ1v) is 10.4. The molecule has 3 heterocycles. The number of rotatable bonds is 3. The Labute approximate surface area is 184 Å². The van der Waals surface area contributed by atoms with Crippen LogP contribution in [0.4, 0.5) is 0 Å². The molecule has 0 aliphatic carbocycles. The molecule has 0 bridgehead atoms. The van der Waals surface area contributed by atoms with Gasteiger partial charge in [0, 0.05) is 22.6 Å². The lowest BCUT2D eigenvalue weighted by molar-refractivity contribution is -0.0203. The average molecular weight is 435 g/mol. The Balaban J connectivity index is 1.46. The summed E-state index contributed by atoms with van der Waals surface area (Å²) in [6, 6.07) is 19.5. The summed E-state index contributed by atoms with van der Waals surface area (Å²) < 4.78 is 23.0. The number of hydrogen-bond acceptors (Lipinski definition) is 6. The lowest BCUT2D eigenvalue weighted by Gasteiger charge is -2.38. The third-order valence-electron chi connectivity index (χ3n) is 5.86. The summed E-state index contributed by atoms with van der Waals surface area (Å²) in [5, 5.41) is 7.68. The van der Waals surface area contributed by atoms with Crippen LogP contribution in [0.15, 0.2) is 65.8 Å². The van der Waals surface area contributed by atoms with Gasteiger partial charge in [0.2, 0.25) is 13.0 Å². The van der Waals surface area contributed by atoms with Crippen LogP contribution >= 0.6 is 11.6 Å². The minimum atomic E-state index is -0.415. The van der Waals surface area contributed by atoms with E-state index in [0.717, 1.165) is 51.8 Å². The van der Waals surface area contributed by atoms with Gasteiger partial charge in [-0.15, -0.1) is 0 Å². The summed E-state index contributed by atoms with van der Waals surface area (Å²) >= 11 is 6.32. The minimum absolute atomic E-state index is 0.00205. The summed E-state index contributed by atoms with van der Waals surface area (Å²) in [5.74, 6) is 3.07. The maximum absolute atomic E-state index is 6.42. The van der Waals surface area contributed by atoms with E-state index in [1.807, 2.05) is 65.7 Å². The minimum Gasteiger partial charge on any atom is -0.496 e. The molecule has 0 fully saturated rings. The molecule has 31 heavy (non-hydrogen) atoms. The van der Waals surface area contributed by atoms with Gasteiger partial charge in [-0.25, -0.2) is 5.01 Å². The van der Waals surface area contributed by atoms with E-state index in [1.165, 1.54) is 0 Å². The molecule has 3 aromatic carbocycles. The Morgan fingerprint density at radius 3 is 2.71 bits per heavy atom. The molecule has 0 saturated heterocycles. The fourth-order valence-electron chi connectivity index (χ4n) is 4.38. The molecule has 0 radical (unpaired) electrons. The van der Waals surface area contributed by atoms with Crippen LogP contribution in [0, 0.1) is 0 Å². The van der Waals surface area contributed by atoms with Gasteiger partial charge in [-0.1, -0.05) is 23.7 Å². The first-order valence-electron chi connectivity index (χ1n) is 10.1. The number of benzene rings is 3. The van der Waals surface area contributed by atoms with Crippen molar-refractivity contribution in [2.45, 2.75) is 18.7 Å². The van der Waals surface area contributed by atoms with Gasteiger partial charge >= 0.3 is 0 Å². The Morgan fingerprint density at radius 2 is 1.81 bits per heavy atom. The van der Waals surface area contributed by atoms with Crippen molar-refractivity contribution in [2.75, 3.05) is 13.9 Å². The number of nitrogens with zero attached hydrogens (tertiary/aromatic N) is 2. The highest BCUT2D eigenvalue weighted by Crippen LogP contribution is 2.49. The summed E-state index contributed by atoms with van der Waals surface area (Å²) in [6.07, 6.45) is 0.309. The van der Waals surface area contributed by atoms with Crippen molar-refractivity contribution in [1.29, 1.82) is 0 Å². The van der Waals surface area contributed by atoms with Crippen LogP contribution in [0.5, 0.6) is 23.0 Å². The molecular weight excluding hydrogens is 416 g/mol. The van der Waals surface area contributed by atoms with Crippen LogP contribution in [0.1, 0.15) is 35.4 Å². The molecule has 7 heteroatoms. The van der Waals surface area contributed by atoms with Crippen LogP contribution in [-0.2, 0) is 0 Å². The second kappa shape index (κ2) is 7.10. The molecule has 3 aromatic rings. The van der Waals surface area contributed by atoms with E-state index in [1.54, 1.807) is 7.11 Å². The lowest BCUT2D eigenvalue weighted by Crippen LogP contribution is -2.33. The van der Waals surface area contributed by atoms with Crippen molar-refractivity contribution in [3.05, 3.63) is 82.4 Å². The molecule has 6 rings (SSSR count). The molecule has 3 aliphatic heterocycles.